The van der Waals surface area contributed by atoms with E-state index in [2.05, 4.69) is 15.0 Å². The number of anilines is 2. The van der Waals surface area contributed by atoms with Crippen molar-refractivity contribution in [1.82, 2.24) is 20.1 Å². The summed E-state index contributed by atoms with van der Waals surface area (Å²) >= 11 is 0. The Kier molecular flexibility index (Phi) is 9.47. The summed E-state index contributed by atoms with van der Waals surface area (Å²) in [6, 6.07) is 6.85. The van der Waals surface area contributed by atoms with Crippen LogP contribution in [0.4, 0.5) is 24.7 Å². The largest absolute Gasteiger partial charge is 0.383 e. The van der Waals surface area contributed by atoms with Crippen molar-refractivity contribution >= 4 is 32.4 Å². The summed E-state index contributed by atoms with van der Waals surface area (Å²) in [5, 5.41) is 8.66. The maximum absolute atomic E-state index is 15.7. The molecule has 0 unspecified atom stereocenters. The van der Waals surface area contributed by atoms with E-state index in [-0.39, 0.29) is 34.6 Å². The van der Waals surface area contributed by atoms with Gasteiger partial charge in [-0.25, -0.2) is 26.6 Å². The van der Waals surface area contributed by atoms with Gasteiger partial charge in [0.1, 0.15) is 29.0 Å². The molecule has 0 atom stereocenters. The molecular weight excluding hydrogens is 593 g/mol. The second-order valence-electron chi connectivity index (χ2n) is 11.5. The van der Waals surface area contributed by atoms with E-state index in [4.69, 9.17) is 15.6 Å². The Morgan fingerprint density at radius 3 is 2.43 bits per heavy atom. The summed E-state index contributed by atoms with van der Waals surface area (Å²) in [5.41, 5.74) is 7.77. The lowest BCUT2D eigenvalue weighted by Crippen LogP contribution is -2.34. The molecule has 2 heterocycles. The molecule has 236 valence electrons. The fraction of sp³-hybridized carbons (Fsp3) is 0.419. The first-order valence-electron chi connectivity index (χ1n) is 14.6. The van der Waals surface area contributed by atoms with Gasteiger partial charge in [-0.2, -0.15) is 5.10 Å². The molecule has 2 aromatic heterocycles. The first-order valence-corrected chi connectivity index (χ1v) is 16.3. The van der Waals surface area contributed by atoms with Crippen LogP contribution in [0.2, 0.25) is 0 Å². The highest BCUT2D eigenvalue weighted by molar-refractivity contribution is 7.91. The van der Waals surface area contributed by atoms with Crippen LogP contribution in [0.1, 0.15) is 62.6 Å². The van der Waals surface area contributed by atoms with Crippen LogP contribution in [0.25, 0.3) is 22.2 Å². The summed E-state index contributed by atoms with van der Waals surface area (Å²) in [5.74, 6) is -2.60. The van der Waals surface area contributed by atoms with Crippen molar-refractivity contribution in [2.75, 3.05) is 30.7 Å². The van der Waals surface area contributed by atoms with E-state index >= 15 is 8.78 Å². The van der Waals surface area contributed by atoms with E-state index in [1.807, 2.05) is 13.8 Å². The van der Waals surface area contributed by atoms with Crippen molar-refractivity contribution in [3.05, 3.63) is 71.2 Å². The number of nitrogens with zero attached hydrogens (tertiary/aromatic N) is 3. The molecule has 0 bridgehead atoms. The van der Waals surface area contributed by atoms with Gasteiger partial charge < -0.3 is 15.8 Å². The molecule has 1 saturated carbocycles. The van der Waals surface area contributed by atoms with Crippen molar-refractivity contribution in [3.8, 4) is 11.3 Å². The van der Waals surface area contributed by atoms with Crippen molar-refractivity contribution in [3.63, 3.8) is 0 Å². The lowest BCUT2D eigenvalue weighted by molar-refractivity contribution is 0.191. The number of methoxy groups -OCH3 is 1. The third-order valence-corrected chi connectivity index (χ3v) is 9.27. The van der Waals surface area contributed by atoms with Crippen molar-refractivity contribution in [2.45, 2.75) is 63.3 Å². The van der Waals surface area contributed by atoms with Gasteiger partial charge in [-0.1, -0.05) is 12.1 Å². The molecule has 1 fully saturated rings. The average molecular weight is 631 g/mol. The van der Waals surface area contributed by atoms with Crippen LogP contribution in [-0.2, 0) is 20.5 Å². The van der Waals surface area contributed by atoms with Crippen LogP contribution in [0.15, 0.2) is 42.6 Å². The number of halogens is 3. The zero-order valence-corrected chi connectivity index (χ0v) is 25.7. The number of hydrogen-bond acceptors (Lipinski definition) is 7. The van der Waals surface area contributed by atoms with E-state index < -0.39 is 38.9 Å². The zero-order valence-electron chi connectivity index (χ0n) is 24.9. The summed E-state index contributed by atoms with van der Waals surface area (Å²) < 4.78 is 78.7. The highest BCUT2D eigenvalue weighted by Gasteiger charge is 2.29. The highest BCUT2D eigenvalue weighted by atomic mass is 32.2. The minimum absolute atomic E-state index is 0.121. The number of hydrogen-bond donors (Lipinski definition) is 3. The Balaban J connectivity index is 1.47. The average Bonchev–Trinajstić information content (AvgIpc) is 3.38. The number of nitrogens with one attached hydrogen (secondary N) is 2. The SMILES string of the molecule is COCCNC1CCC(c2cnc(N)c3c(-c4cc(F)c(NS(=O)(=O)Cc5ccc(F)cc5)cc4F)nn(C(C)C)c23)CC1. The fourth-order valence-electron chi connectivity index (χ4n) is 5.86. The Labute approximate surface area is 255 Å². The number of aromatic nitrogens is 3. The number of sulfonamides is 1. The maximum atomic E-state index is 15.7. The second kappa shape index (κ2) is 13.1. The predicted octanol–water partition coefficient (Wildman–Crippen LogP) is 5.88. The summed E-state index contributed by atoms with van der Waals surface area (Å²) in [7, 11) is -2.46. The first-order chi connectivity index (χ1) is 21.0. The van der Waals surface area contributed by atoms with Crippen LogP contribution in [0, 0.1) is 17.5 Å². The molecule has 4 N–H and O–H groups in total. The smallest absolute Gasteiger partial charge is 0.237 e. The fourth-order valence-corrected chi connectivity index (χ4v) is 7.06. The minimum atomic E-state index is -4.13. The van der Waals surface area contributed by atoms with Gasteiger partial charge in [0, 0.05) is 43.6 Å². The van der Waals surface area contributed by atoms with Gasteiger partial charge in [-0.15, -0.1) is 0 Å². The lowest BCUT2D eigenvalue weighted by atomic mass is 9.81. The van der Waals surface area contributed by atoms with E-state index in [1.54, 1.807) is 18.0 Å². The monoisotopic (exact) mass is 630 g/mol. The number of benzene rings is 2. The predicted molar refractivity (Wildman–Crippen MR) is 165 cm³/mol. The maximum Gasteiger partial charge on any atom is 0.237 e. The normalized spacial score (nSPS) is 17.4. The van der Waals surface area contributed by atoms with Gasteiger partial charge in [0.2, 0.25) is 10.0 Å². The van der Waals surface area contributed by atoms with Crippen molar-refractivity contribution in [1.29, 1.82) is 0 Å². The molecule has 0 amide bonds. The molecule has 0 spiro atoms. The topological polar surface area (TPSA) is 124 Å². The van der Waals surface area contributed by atoms with E-state index in [1.165, 1.54) is 12.1 Å². The van der Waals surface area contributed by atoms with Gasteiger partial charge in [-0.05, 0) is 74.8 Å². The van der Waals surface area contributed by atoms with Crippen LogP contribution in [0.3, 0.4) is 0 Å². The molecule has 5 rings (SSSR count). The molecule has 0 aliphatic heterocycles. The van der Waals surface area contributed by atoms with Crippen molar-refractivity contribution in [2.24, 2.45) is 0 Å². The number of pyridine rings is 1. The molecule has 13 heteroatoms. The Morgan fingerprint density at radius 2 is 1.77 bits per heavy atom. The molecule has 1 aliphatic rings. The molecule has 4 aromatic rings. The third-order valence-electron chi connectivity index (χ3n) is 8.03. The summed E-state index contributed by atoms with van der Waals surface area (Å²) in [6.07, 6.45) is 5.54. The zero-order chi connectivity index (χ0) is 31.6. The molecular formula is C31H37F3N6O3S. The second-order valence-corrected chi connectivity index (χ2v) is 13.2. The number of nitrogens with two attached hydrogens (primary N) is 1. The molecule has 9 nitrogen and oxygen atoms in total. The van der Waals surface area contributed by atoms with E-state index in [0.29, 0.717) is 18.0 Å². The summed E-state index contributed by atoms with van der Waals surface area (Å²) in [6.45, 7) is 5.34. The van der Waals surface area contributed by atoms with Gasteiger partial charge in [-0.3, -0.25) is 9.40 Å². The first kappa shape index (κ1) is 31.7. The Hall–Kier alpha value is -3.68. The lowest BCUT2D eigenvalue weighted by Gasteiger charge is -2.30. The van der Waals surface area contributed by atoms with Crippen LogP contribution in [0.5, 0.6) is 0 Å². The highest BCUT2D eigenvalue weighted by Crippen LogP contribution is 2.42. The third kappa shape index (κ3) is 6.84. The van der Waals surface area contributed by atoms with Gasteiger partial charge in [0.15, 0.2) is 0 Å². The number of rotatable bonds is 11. The quantitative estimate of drug-likeness (QED) is 0.177. The summed E-state index contributed by atoms with van der Waals surface area (Å²) in [4.78, 5) is 4.45. The van der Waals surface area contributed by atoms with Crippen LogP contribution >= 0.6 is 0 Å². The number of fused-ring (bicyclic) bond motifs is 1. The standard InChI is InChI=1S/C31H37F3N6O3S/c1-18(2)40-30-24(20-6-10-22(11-7-20)36-12-13-43-3)16-37-31(35)28(30)29(38-40)23-14-26(34)27(15-25(23)33)39-44(41,42)17-19-4-8-21(32)9-5-19/h4-5,8-9,14-16,18,20,22,36,39H,6-7,10-13,17H2,1-3H3,(H2,35,37). The molecule has 0 radical (unpaired) electrons. The van der Waals surface area contributed by atoms with Crippen LogP contribution in [-0.4, -0.2) is 49.5 Å². The minimum Gasteiger partial charge on any atom is -0.383 e. The molecule has 0 saturated heterocycles. The number of nitrogen functional groups attached to an aromatic ring is 1. The van der Waals surface area contributed by atoms with Gasteiger partial charge >= 0.3 is 0 Å². The number of ether oxygens (including phenoxy) is 1. The molecule has 1 aliphatic carbocycles. The van der Waals surface area contributed by atoms with E-state index in [9.17, 15) is 12.8 Å². The molecule has 44 heavy (non-hydrogen) atoms. The van der Waals surface area contributed by atoms with Crippen LogP contribution < -0.4 is 15.8 Å². The van der Waals surface area contributed by atoms with Gasteiger partial charge in [0.05, 0.1) is 29.0 Å². The van der Waals surface area contributed by atoms with Crippen molar-refractivity contribution < 1.29 is 26.3 Å². The molecule has 2 aromatic carbocycles. The van der Waals surface area contributed by atoms with Gasteiger partial charge in [0.25, 0.3) is 0 Å². The Bertz CT molecular complexity index is 1740. The van der Waals surface area contributed by atoms with E-state index in [0.717, 1.165) is 67.6 Å². The Morgan fingerprint density at radius 1 is 1.07 bits per heavy atom.